The Kier molecular flexibility index (Phi) is 4.02. The number of hydrogen-bond acceptors (Lipinski definition) is 6. The van der Waals surface area contributed by atoms with Crippen molar-refractivity contribution >= 4 is 29.7 Å². The minimum atomic E-state index is -0.591. The molecule has 0 bridgehead atoms. The number of cyclic esters (lactones) is 1. The molecular weight excluding hydrogens is 306 g/mol. The number of thioether (sulfide) groups is 1. The lowest BCUT2D eigenvalue weighted by molar-refractivity contribution is -0.126. The van der Waals surface area contributed by atoms with Crippen LogP contribution in [0, 0.1) is 5.92 Å². The summed E-state index contributed by atoms with van der Waals surface area (Å²) in [5, 5.41) is 0.703. The fourth-order valence-electron chi connectivity index (χ4n) is 2.55. The first-order valence-electron chi connectivity index (χ1n) is 6.85. The number of aromatic nitrogens is 1. The largest absolute Gasteiger partial charge is 0.439 e. The van der Waals surface area contributed by atoms with Gasteiger partial charge in [-0.25, -0.2) is 14.7 Å². The lowest BCUT2D eigenvalue weighted by Gasteiger charge is -2.40. The first kappa shape index (κ1) is 14.8. The average Bonchev–Trinajstić information content (AvgIpc) is 2.81. The number of imide groups is 1. The number of amides is 3. The Morgan fingerprint density at radius 1 is 1.45 bits per heavy atom. The van der Waals surface area contributed by atoms with Crippen LogP contribution in [0.15, 0.2) is 23.4 Å². The van der Waals surface area contributed by atoms with Crippen molar-refractivity contribution in [2.24, 2.45) is 5.92 Å². The van der Waals surface area contributed by atoms with E-state index in [4.69, 9.17) is 0 Å². The summed E-state index contributed by atoms with van der Waals surface area (Å²) in [6.07, 6.45) is 2.95. The van der Waals surface area contributed by atoms with E-state index in [1.54, 1.807) is 23.2 Å². The molecule has 0 N–H and O–H groups in total. The monoisotopic (exact) mass is 321 g/mol. The Morgan fingerprint density at radius 2 is 2.23 bits per heavy atom. The lowest BCUT2D eigenvalue weighted by Crippen LogP contribution is -2.54. The smallest absolute Gasteiger partial charge is 0.417 e. The van der Waals surface area contributed by atoms with E-state index in [9.17, 15) is 14.4 Å². The maximum absolute atomic E-state index is 12.4. The normalized spacial score (nSPS) is 18.4. The Labute approximate surface area is 131 Å². The predicted octanol–water partition coefficient (Wildman–Crippen LogP) is 0.854. The van der Waals surface area contributed by atoms with Gasteiger partial charge in [0.1, 0.15) is 5.03 Å². The third-order valence-electron chi connectivity index (χ3n) is 3.72. The standard InChI is InChI=1S/C14H15N3O4S/c1-22-12-10(3-2-4-15-12)13(19)16-5-9(6-16)7-17-11(18)8-21-14(17)20/h2-4,9H,5-8H2,1H3. The lowest BCUT2D eigenvalue weighted by atomic mass is 9.98. The highest BCUT2D eigenvalue weighted by Crippen LogP contribution is 2.24. The van der Waals surface area contributed by atoms with Crippen LogP contribution >= 0.6 is 11.8 Å². The fourth-order valence-corrected chi connectivity index (χ4v) is 3.09. The fraction of sp³-hybridized carbons (Fsp3) is 0.429. The van der Waals surface area contributed by atoms with E-state index in [0.29, 0.717) is 30.2 Å². The summed E-state index contributed by atoms with van der Waals surface area (Å²) in [5.74, 6) is -0.274. The first-order chi connectivity index (χ1) is 10.6. The highest BCUT2D eigenvalue weighted by molar-refractivity contribution is 7.98. The number of rotatable bonds is 4. The van der Waals surface area contributed by atoms with Crippen molar-refractivity contribution in [3.8, 4) is 0 Å². The molecule has 2 aliphatic heterocycles. The molecule has 116 valence electrons. The van der Waals surface area contributed by atoms with E-state index in [-0.39, 0.29) is 24.3 Å². The summed E-state index contributed by atoms with van der Waals surface area (Å²) in [7, 11) is 0. The summed E-state index contributed by atoms with van der Waals surface area (Å²) in [5.41, 5.74) is 0.588. The van der Waals surface area contributed by atoms with Crippen LogP contribution in [0.3, 0.4) is 0 Å². The quantitative estimate of drug-likeness (QED) is 0.765. The molecule has 2 fully saturated rings. The van der Waals surface area contributed by atoms with E-state index in [1.807, 2.05) is 6.26 Å². The molecule has 0 spiro atoms. The van der Waals surface area contributed by atoms with Crippen LogP contribution in [-0.4, -0.2) is 65.2 Å². The molecule has 3 amide bonds. The van der Waals surface area contributed by atoms with Gasteiger partial charge in [-0.3, -0.25) is 9.59 Å². The maximum atomic E-state index is 12.4. The van der Waals surface area contributed by atoms with Gasteiger partial charge in [-0.2, -0.15) is 0 Å². The van der Waals surface area contributed by atoms with E-state index in [0.717, 1.165) is 4.90 Å². The third-order valence-corrected chi connectivity index (χ3v) is 4.43. The van der Waals surface area contributed by atoms with Gasteiger partial charge >= 0.3 is 6.09 Å². The van der Waals surface area contributed by atoms with Gasteiger partial charge in [0.05, 0.1) is 5.56 Å². The zero-order valence-electron chi connectivity index (χ0n) is 12.0. The molecule has 3 rings (SSSR count). The second-order valence-electron chi connectivity index (χ2n) is 5.20. The van der Waals surface area contributed by atoms with E-state index in [1.165, 1.54) is 11.8 Å². The van der Waals surface area contributed by atoms with E-state index < -0.39 is 6.09 Å². The number of hydrogen-bond donors (Lipinski definition) is 0. The molecule has 2 saturated heterocycles. The predicted molar refractivity (Wildman–Crippen MR) is 78.5 cm³/mol. The van der Waals surface area contributed by atoms with Gasteiger partial charge in [-0.15, -0.1) is 11.8 Å². The van der Waals surface area contributed by atoms with Gasteiger partial charge in [0.15, 0.2) is 6.61 Å². The SMILES string of the molecule is CSc1ncccc1C(=O)N1CC(CN2C(=O)COC2=O)C1. The van der Waals surface area contributed by atoms with Crippen LogP contribution in [0.2, 0.25) is 0 Å². The number of likely N-dealkylation sites (tertiary alicyclic amines) is 1. The Bertz CT molecular complexity index is 614. The molecule has 3 heterocycles. The number of carbonyl (C=O) groups is 3. The van der Waals surface area contributed by atoms with Gasteiger partial charge in [0.25, 0.3) is 11.8 Å². The molecule has 0 aromatic carbocycles. The summed E-state index contributed by atoms with van der Waals surface area (Å²) in [6, 6.07) is 3.50. The van der Waals surface area contributed by atoms with Crippen LogP contribution in [0.4, 0.5) is 4.79 Å². The second kappa shape index (κ2) is 5.96. The Balaban J connectivity index is 1.58. The molecule has 7 nitrogen and oxygen atoms in total. The van der Waals surface area contributed by atoms with E-state index in [2.05, 4.69) is 9.72 Å². The molecule has 0 saturated carbocycles. The second-order valence-corrected chi connectivity index (χ2v) is 5.99. The molecule has 0 aliphatic carbocycles. The van der Waals surface area contributed by atoms with Crippen molar-refractivity contribution < 1.29 is 19.1 Å². The maximum Gasteiger partial charge on any atom is 0.417 e. The van der Waals surface area contributed by atoms with Crippen molar-refractivity contribution in [2.45, 2.75) is 5.03 Å². The molecule has 8 heteroatoms. The molecule has 0 radical (unpaired) electrons. The minimum Gasteiger partial charge on any atom is -0.439 e. The number of ether oxygens (including phenoxy) is 1. The molecule has 1 aromatic rings. The van der Waals surface area contributed by atoms with Gasteiger partial charge in [-0.05, 0) is 18.4 Å². The number of pyridine rings is 1. The molecule has 22 heavy (non-hydrogen) atoms. The van der Waals surface area contributed by atoms with Crippen LogP contribution < -0.4 is 0 Å². The van der Waals surface area contributed by atoms with E-state index >= 15 is 0 Å². The molecule has 0 atom stereocenters. The summed E-state index contributed by atoms with van der Waals surface area (Å²) < 4.78 is 4.67. The zero-order chi connectivity index (χ0) is 15.7. The summed E-state index contributed by atoms with van der Waals surface area (Å²) in [4.78, 5) is 42.3. The van der Waals surface area contributed by atoms with Gasteiger partial charge < -0.3 is 9.64 Å². The number of nitrogens with zero attached hydrogens (tertiary/aromatic N) is 3. The van der Waals surface area contributed by atoms with Gasteiger partial charge in [-0.1, -0.05) is 0 Å². The Morgan fingerprint density at radius 3 is 2.86 bits per heavy atom. The molecule has 1 aromatic heterocycles. The zero-order valence-corrected chi connectivity index (χ0v) is 12.8. The highest BCUT2D eigenvalue weighted by atomic mass is 32.2. The topological polar surface area (TPSA) is 79.8 Å². The van der Waals surface area contributed by atoms with Crippen molar-refractivity contribution in [1.29, 1.82) is 0 Å². The molecule has 0 unspecified atom stereocenters. The third kappa shape index (κ3) is 2.66. The Hall–Kier alpha value is -2.09. The number of carbonyl (C=O) groups excluding carboxylic acids is 3. The van der Waals surface area contributed by atoms with Crippen molar-refractivity contribution in [3.05, 3.63) is 23.9 Å². The van der Waals surface area contributed by atoms with Crippen LogP contribution in [-0.2, 0) is 9.53 Å². The van der Waals surface area contributed by atoms with Crippen LogP contribution in [0.1, 0.15) is 10.4 Å². The van der Waals surface area contributed by atoms with Gasteiger partial charge in [0, 0.05) is 31.7 Å². The average molecular weight is 321 g/mol. The minimum absolute atomic E-state index is 0.0657. The molecular formula is C14H15N3O4S. The summed E-state index contributed by atoms with van der Waals surface area (Å²) >= 11 is 1.43. The van der Waals surface area contributed by atoms with Crippen molar-refractivity contribution in [1.82, 2.24) is 14.8 Å². The van der Waals surface area contributed by atoms with Crippen molar-refractivity contribution in [2.75, 3.05) is 32.5 Å². The highest BCUT2D eigenvalue weighted by Gasteiger charge is 2.38. The molecule has 2 aliphatic rings. The van der Waals surface area contributed by atoms with Crippen LogP contribution in [0.5, 0.6) is 0 Å². The summed E-state index contributed by atoms with van der Waals surface area (Å²) in [6.45, 7) is 1.18. The first-order valence-corrected chi connectivity index (χ1v) is 8.08. The van der Waals surface area contributed by atoms with Crippen molar-refractivity contribution in [3.63, 3.8) is 0 Å². The van der Waals surface area contributed by atoms with Crippen LogP contribution in [0.25, 0.3) is 0 Å². The van der Waals surface area contributed by atoms with Gasteiger partial charge in [0.2, 0.25) is 0 Å².